The van der Waals surface area contributed by atoms with Gasteiger partial charge in [0.15, 0.2) is 0 Å². The zero-order valence-corrected chi connectivity index (χ0v) is 10.9. The number of nitro groups is 1. The fourth-order valence-corrected chi connectivity index (χ4v) is 2.45. The molecule has 0 aromatic heterocycles. The third-order valence-electron chi connectivity index (χ3n) is 2.00. The van der Waals surface area contributed by atoms with Crippen molar-refractivity contribution in [1.29, 1.82) is 0 Å². The van der Waals surface area contributed by atoms with Crippen molar-refractivity contribution in [2.24, 2.45) is 0 Å². The van der Waals surface area contributed by atoms with Gasteiger partial charge in [0.05, 0.1) is 22.8 Å². The molecule has 0 aliphatic heterocycles. The van der Waals surface area contributed by atoms with Crippen LogP contribution in [0.1, 0.15) is 6.42 Å². The lowest BCUT2D eigenvalue weighted by Crippen LogP contribution is -2.18. The molecule has 0 radical (unpaired) electrons. The van der Waals surface area contributed by atoms with Crippen LogP contribution in [0.25, 0.3) is 0 Å². The monoisotopic (exact) mass is 308 g/mol. The first-order valence-corrected chi connectivity index (χ1v) is 6.90. The van der Waals surface area contributed by atoms with E-state index in [1.807, 2.05) is 0 Å². The molecule has 0 bridgehead atoms. The summed E-state index contributed by atoms with van der Waals surface area (Å²) in [5, 5.41) is 18.7. The van der Waals surface area contributed by atoms with Crippen molar-refractivity contribution in [2.45, 2.75) is 6.42 Å². The number of carboxylic acids is 1. The number of hydrogen-bond donors (Lipinski definition) is 2. The Hall–Kier alpha value is -1.87. The van der Waals surface area contributed by atoms with Crippen molar-refractivity contribution in [2.75, 3.05) is 10.5 Å². The molecule has 0 aliphatic carbocycles. The lowest BCUT2D eigenvalue weighted by atomic mass is 10.3. The van der Waals surface area contributed by atoms with Crippen molar-refractivity contribution < 1.29 is 23.2 Å². The largest absolute Gasteiger partial charge is 0.481 e. The molecule has 1 aromatic rings. The summed E-state index contributed by atoms with van der Waals surface area (Å²) >= 11 is 5.61. The normalized spacial score (nSPS) is 11.0. The van der Waals surface area contributed by atoms with Gasteiger partial charge in [-0.25, -0.2) is 8.42 Å². The van der Waals surface area contributed by atoms with Gasteiger partial charge in [-0.05, 0) is 12.1 Å². The third kappa shape index (κ3) is 4.72. The molecule has 0 unspecified atom stereocenters. The van der Waals surface area contributed by atoms with Crippen LogP contribution in [-0.4, -0.2) is 30.2 Å². The minimum atomic E-state index is -3.84. The van der Waals surface area contributed by atoms with Gasteiger partial charge in [-0.1, -0.05) is 11.6 Å². The predicted molar refractivity (Wildman–Crippen MR) is 67.8 cm³/mol. The Balaban J connectivity index is 2.86. The van der Waals surface area contributed by atoms with E-state index in [0.717, 1.165) is 12.1 Å². The Bertz CT molecular complexity index is 615. The highest BCUT2D eigenvalue weighted by Gasteiger charge is 2.16. The van der Waals surface area contributed by atoms with Crippen LogP contribution >= 0.6 is 11.6 Å². The van der Waals surface area contributed by atoms with Crippen molar-refractivity contribution in [3.63, 3.8) is 0 Å². The minimum Gasteiger partial charge on any atom is -0.481 e. The quantitative estimate of drug-likeness (QED) is 0.605. The topological polar surface area (TPSA) is 127 Å². The SMILES string of the molecule is O=C(O)CCS(=O)(=O)Nc1ccc([N+](=O)[O-])c(Cl)c1. The Labute approximate surface area is 113 Å². The molecule has 0 saturated heterocycles. The smallest absolute Gasteiger partial charge is 0.304 e. The lowest BCUT2D eigenvalue weighted by molar-refractivity contribution is -0.384. The van der Waals surface area contributed by atoms with Gasteiger partial charge < -0.3 is 5.11 Å². The molecule has 0 saturated carbocycles. The molecule has 19 heavy (non-hydrogen) atoms. The van der Waals surface area contributed by atoms with Gasteiger partial charge in [0.25, 0.3) is 5.69 Å². The first-order chi connectivity index (χ1) is 8.71. The number of halogens is 1. The summed E-state index contributed by atoms with van der Waals surface area (Å²) in [4.78, 5) is 20.1. The molecule has 1 rings (SSSR count). The summed E-state index contributed by atoms with van der Waals surface area (Å²) in [6, 6.07) is 3.30. The first kappa shape index (κ1) is 15.2. The molecule has 0 heterocycles. The number of sulfonamides is 1. The number of hydrogen-bond acceptors (Lipinski definition) is 5. The number of nitrogens with zero attached hydrogens (tertiary/aromatic N) is 1. The fourth-order valence-electron chi connectivity index (χ4n) is 1.17. The molecule has 10 heteroatoms. The molecule has 0 aliphatic rings. The van der Waals surface area contributed by atoms with Crippen LogP contribution in [0.5, 0.6) is 0 Å². The molecule has 0 amide bonds. The van der Waals surface area contributed by atoms with E-state index in [1.165, 1.54) is 6.07 Å². The zero-order valence-electron chi connectivity index (χ0n) is 9.37. The molecular formula is C9H9ClN2O6S. The van der Waals surface area contributed by atoms with Crippen LogP contribution in [0.2, 0.25) is 5.02 Å². The highest BCUT2D eigenvalue weighted by Crippen LogP contribution is 2.27. The lowest BCUT2D eigenvalue weighted by Gasteiger charge is -2.07. The first-order valence-electron chi connectivity index (χ1n) is 4.87. The summed E-state index contributed by atoms with van der Waals surface area (Å²) in [5.74, 6) is -1.84. The van der Waals surface area contributed by atoms with Gasteiger partial charge in [-0.2, -0.15) is 0 Å². The summed E-state index contributed by atoms with van der Waals surface area (Å²) in [6.45, 7) is 0. The number of rotatable bonds is 6. The standard InChI is InChI=1S/C9H9ClN2O6S/c10-7-5-6(1-2-8(7)12(15)16)11-19(17,18)4-3-9(13)14/h1-2,5,11H,3-4H2,(H,13,14). The molecule has 1 aromatic carbocycles. The maximum Gasteiger partial charge on any atom is 0.304 e. The van der Waals surface area contributed by atoms with Crippen LogP contribution in [0.3, 0.4) is 0 Å². The minimum absolute atomic E-state index is 0.0287. The molecule has 0 fully saturated rings. The predicted octanol–water partition coefficient (Wildman–Crippen LogP) is 1.46. The van der Waals surface area contributed by atoms with Crippen LogP contribution in [0.4, 0.5) is 11.4 Å². The zero-order chi connectivity index (χ0) is 14.6. The number of nitro benzene ring substituents is 1. The fraction of sp³-hybridized carbons (Fsp3) is 0.222. The van der Waals surface area contributed by atoms with Gasteiger partial charge in [0.2, 0.25) is 10.0 Å². The van der Waals surface area contributed by atoms with Crippen molar-refractivity contribution in [3.8, 4) is 0 Å². The number of carboxylic acid groups (broad SMARTS) is 1. The maximum absolute atomic E-state index is 11.5. The number of benzene rings is 1. The number of aliphatic carboxylic acids is 1. The van der Waals surface area contributed by atoms with E-state index in [4.69, 9.17) is 16.7 Å². The summed E-state index contributed by atoms with van der Waals surface area (Å²) in [6.07, 6.45) is -0.546. The molecule has 0 atom stereocenters. The van der Waals surface area contributed by atoms with E-state index in [9.17, 15) is 23.3 Å². The summed E-state index contributed by atoms with van der Waals surface area (Å²) < 4.78 is 25.0. The Morgan fingerprint density at radius 1 is 1.47 bits per heavy atom. The summed E-state index contributed by atoms with van der Waals surface area (Å²) in [7, 11) is -3.84. The second kappa shape index (κ2) is 5.85. The second-order valence-electron chi connectivity index (χ2n) is 3.49. The van der Waals surface area contributed by atoms with E-state index < -0.39 is 33.1 Å². The van der Waals surface area contributed by atoms with Crippen LogP contribution in [-0.2, 0) is 14.8 Å². The average molecular weight is 309 g/mol. The van der Waals surface area contributed by atoms with Gasteiger partial charge in [0, 0.05) is 6.07 Å². The van der Waals surface area contributed by atoms with E-state index in [0.29, 0.717) is 0 Å². The maximum atomic E-state index is 11.5. The van der Waals surface area contributed by atoms with Crippen LogP contribution < -0.4 is 4.72 Å². The Kier molecular flexibility index (Phi) is 4.67. The van der Waals surface area contributed by atoms with Gasteiger partial charge in [-0.3, -0.25) is 19.6 Å². The van der Waals surface area contributed by atoms with Gasteiger partial charge in [-0.15, -0.1) is 0 Å². The third-order valence-corrected chi connectivity index (χ3v) is 3.59. The van der Waals surface area contributed by atoms with Crippen LogP contribution in [0, 0.1) is 10.1 Å². The Morgan fingerprint density at radius 2 is 2.11 bits per heavy atom. The Morgan fingerprint density at radius 3 is 2.58 bits per heavy atom. The molecule has 8 nitrogen and oxygen atoms in total. The number of carbonyl (C=O) groups is 1. The van der Waals surface area contributed by atoms with Crippen LogP contribution in [0.15, 0.2) is 18.2 Å². The second-order valence-corrected chi connectivity index (χ2v) is 5.74. The molecule has 2 N–H and O–H groups in total. The molecular weight excluding hydrogens is 300 g/mol. The molecule has 104 valence electrons. The van der Waals surface area contributed by atoms with Crippen molar-refractivity contribution in [3.05, 3.63) is 33.3 Å². The van der Waals surface area contributed by atoms with Gasteiger partial charge in [0.1, 0.15) is 5.02 Å². The molecule has 0 spiro atoms. The average Bonchev–Trinajstić information content (AvgIpc) is 2.25. The summed E-state index contributed by atoms with van der Waals surface area (Å²) in [5.41, 5.74) is -0.323. The number of nitrogens with one attached hydrogen (secondary N) is 1. The van der Waals surface area contributed by atoms with Crippen molar-refractivity contribution >= 4 is 39.0 Å². The van der Waals surface area contributed by atoms with E-state index in [-0.39, 0.29) is 16.4 Å². The van der Waals surface area contributed by atoms with E-state index in [1.54, 1.807) is 0 Å². The highest BCUT2D eigenvalue weighted by molar-refractivity contribution is 7.92. The van der Waals surface area contributed by atoms with Gasteiger partial charge >= 0.3 is 5.97 Å². The number of anilines is 1. The highest BCUT2D eigenvalue weighted by atomic mass is 35.5. The van der Waals surface area contributed by atoms with E-state index in [2.05, 4.69) is 4.72 Å². The van der Waals surface area contributed by atoms with Crippen molar-refractivity contribution in [1.82, 2.24) is 0 Å². The van der Waals surface area contributed by atoms with E-state index >= 15 is 0 Å².